The molecule has 4 nitrogen and oxygen atoms in total. The Labute approximate surface area is 175 Å². The molecule has 1 aliphatic rings. The Morgan fingerprint density at radius 2 is 1.60 bits per heavy atom. The number of fused-ring (bicyclic) bond motifs is 1. The third-order valence-electron chi connectivity index (χ3n) is 4.78. The van der Waals surface area contributed by atoms with E-state index in [0.29, 0.717) is 11.7 Å². The molecule has 3 aromatic rings. The van der Waals surface area contributed by atoms with Crippen LogP contribution < -0.4 is 0 Å². The van der Waals surface area contributed by atoms with E-state index < -0.39 is 5.97 Å². The van der Waals surface area contributed by atoms with Crippen molar-refractivity contribution in [1.29, 1.82) is 0 Å². The quantitative estimate of drug-likeness (QED) is 0.420. The molecule has 0 aromatic heterocycles. The van der Waals surface area contributed by atoms with Crippen molar-refractivity contribution < 1.29 is 14.3 Å². The Bertz CT molecular complexity index is 1160. The molecule has 0 radical (unpaired) electrons. The maximum atomic E-state index is 11.8. The molecule has 0 saturated heterocycles. The lowest BCUT2D eigenvalue weighted by atomic mass is 9.97. The second-order valence-corrected chi connectivity index (χ2v) is 6.87. The minimum absolute atomic E-state index is 0.429. The molecule has 0 amide bonds. The number of allylic oxidation sites excluding steroid dienone is 2. The van der Waals surface area contributed by atoms with Gasteiger partial charge in [0, 0.05) is 22.8 Å². The Kier molecular flexibility index (Phi) is 5.57. The van der Waals surface area contributed by atoms with Gasteiger partial charge in [-0.2, -0.15) is 0 Å². The lowest BCUT2D eigenvalue weighted by molar-refractivity contribution is -0.134. The van der Waals surface area contributed by atoms with Crippen LogP contribution in [-0.4, -0.2) is 19.0 Å². The minimum Gasteiger partial charge on any atom is -0.466 e. The van der Waals surface area contributed by atoms with Crippen molar-refractivity contribution in [2.45, 2.75) is 6.92 Å². The molecular weight excluding hydrogens is 374 g/mol. The molecule has 0 fully saturated rings. The molecule has 0 spiro atoms. The minimum atomic E-state index is -0.429. The first-order valence-corrected chi connectivity index (χ1v) is 9.64. The van der Waals surface area contributed by atoms with Gasteiger partial charge in [0.15, 0.2) is 0 Å². The number of hydrogen-bond donors (Lipinski definition) is 0. The van der Waals surface area contributed by atoms with E-state index in [1.807, 2.05) is 85.8 Å². The van der Waals surface area contributed by atoms with Gasteiger partial charge in [0.05, 0.1) is 12.8 Å². The lowest BCUT2D eigenvalue weighted by Gasteiger charge is -2.22. The van der Waals surface area contributed by atoms with Crippen molar-refractivity contribution in [2.75, 3.05) is 7.11 Å². The van der Waals surface area contributed by atoms with Crippen LogP contribution in [0.15, 0.2) is 96.0 Å². The fourth-order valence-electron chi connectivity index (χ4n) is 3.21. The Morgan fingerprint density at radius 1 is 0.900 bits per heavy atom. The van der Waals surface area contributed by atoms with Crippen LogP contribution in [0.2, 0.25) is 0 Å². The molecule has 30 heavy (non-hydrogen) atoms. The third-order valence-corrected chi connectivity index (χ3v) is 4.78. The average Bonchev–Trinajstić information content (AvgIpc) is 2.80. The molecule has 0 bridgehead atoms. The molecule has 3 aromatic carbocycles. The van der Waals surface area contributed by atoms with Crippen molar-refractivity contribution in [3.8, 4) is 0 Å². The van der Waals surface area contributed by atoms with E-state index >= 15 is 0 Å². The molecule has 4 heteroatoms. The van der Waals surface area contributed by atoms with E-state index in [-0.39, 0.29) is 0 Å². The molecule has 1 aliphatic heterocycles. The summed E-state index contributed by atoms with van der Waals surface area (Å²) < 4.78 is 11.1. The molecule has 0 unspecified atom stereocenters. The Hall–Kier alpha value is -3.92. The van der Waals surface area contributed by atoms with Crippen LogP contribution >= 0.6 is 0 Å². The molecule has 0 atom stereocenters. The van der Waals surface area contributed by atoms with E-state index in [1.54, 1.807) is 6.08 Å². The summed E-state index contributed by atoms with van der Waals surface area (Å²) in [5.74, 6) is 0.727. The van der Waals surface area contributed by atoms with Gasteiger partial charge in [-0.3, -0.25) is 0 Å². The molecule has 4 rings (SSSR count). The fraction of sp³-hybridized carbons (Fsp3) is 0.0769. The zero-order valence-corrected chi connectivity index (χ0v) is 16.8. The molecule has 0 N–H and O–H groups in total. The summed E-state index contributed by atoms with van der Waals surface area (Å²) in [6, 6.07) is 25.7. The second-order valence-electron chi connectivity index (χ2n) is 6.87. The van der Waals surface area contributed by atoms with Crippen molar-refractivity contribution in [2.24, 2.45) is 4.99 Å². The zero-order chi connectivity index (χ0) is 20.9. The van der Waals surface area contributed by atoms with Crippen LogP contribution in [0.1, 0.15) is 22.3 Å². The van der Waals surface area contributed by atoms with Gasteiger partial charge in [0.1, 0.15) is 5.76 Å². The average molecular weight is 395 g/mol. The Morgan fingerprint density at radius 3 is 2.33 bits per heavy atom. The predicted molar refractivity (Wildman–Crippen MR) is 119 cm³/mol. The van der Waals surface area contributed by atoms with Crippen LogP contribution in [0.3, 0.4) is 0 Å². The van der Waals surface area contributed by atoms with Gasteiger partial charge in [-0.05, 0) is 42.8 Å². The number of ether oxygens (including phenoxy) is 2. The van der Waals surface area contributed by atoms with E-state index in [9.17, 15) is 4.79 Å². The monoisotopic (exact) mass is 395 g/mol. The van der Waals surface area contributed by atoms with Crippen LogP contribution in [0, 0.1) is 6.92 Å². The number of esters is 1. The summed E-state index contributed by atoms with van der Waals surface area (Å²) in [6.45, 7) is 2.04. The normalized spacial score (nSPS) is 14.5. The van der Waals surface area contributed by atoms with Crippen molar-refractivity contribution in [3.05, 3.63) is 113 Å². The molecule has 0 aliphatic carbocycles. The van der Waals surface area contributed by atoms with E-state index in [1.165, 1.54) is 13.2 Å². The van der Waals surface area contributed by atoms with Crippen LogP contribution in [0.4, 0.5) is 5.69 Å². The zero-order valence-electron chi connectivity index (χ0n) is 16.8. The van der Waals surface area contributed by atoms with Crippen molar-refractivity contribution in [3.63, 3.8) is 0 Å². The largest absolute Gasteiger partial charge is 0.466 e. The standard InChI is InChI=1S/C26H21NO3/c1-18-12-14-19(15-13-18)21(16-17-24(28)29-2)25-22-10-6-7-11-23(22)27-26(30-25)20-8-4-3-5-9-20/h3-17H,1-2H3/b17-16+,25-21-. The van der Waals surface area contributed by atoms with E-state index in [2.05, 4.69) is 0 Å². The van der Waals surface area contributed by atoms with Gasteiger partial charge in [-0.25, -0.2) is 9.79 Å². The highest BCUT2D eigenvalue weighted by molar-refractivity contribution is 6.07. The number of aliphatic imine (C=N–C) groups is 1. The first-order valence-electron chi connectivity index (χ1n) is 9.64. The number of rotatable bonds is 4. The number of methoxy groups -OCH3 is 1. The molecular formula is C26H21NO3. The van der Waals surface area contributed by atoms with Gasteiger partial charge in [-0.1, -0.05) is 60.2 Å². The van der Waals surface area contributed by atoms with E-state index in [0.717, 1.165) is 33.5 Å². The third kappa shape index (κ3) is 4.08. The molecule has 0 saturated carbocycles. The number of carbonyl (C=O) groups is 1. The maximum absolute atomic E-state index is 11.8. The highest BCUT2D eigenvalue weighted by Crippen LogP contribution is 2.38. The first-order chi connectivity index (χ1) is 14.7. The summed E-state index contributed by atoms with van der Waals surface area (Å²) in [4.78, 5) is 16.5. The number of carbonyl (C=O) groups excluding carboxylic acids is 1. The summed E-state index contributed by atoms with van der Waals surface area (Å²) in [5, 5.41) is 0. The summed E-state index contributed by atoms with van der Waals surface area (Å²) >= 11 is 0. The lowest BCUT2D eigenvalue weighted by Crippen LogP contribution is -2.12. The molecule has 1 heterocycles. The van der Waals surface area contributed by atoms with Crippen LogP contribution in [0.25, 0.3) is 11.3 Å². The predicted octanol–water partition coefficient (Wildman–Crippen LogP) is 5.70. The SMILES string of the molecule is COC(=O)/C=C/C(=C1/OC(c2ccccc2)=Nc2ccccc21)c1ccc(C)cc1. The van der Waals surface area contributed by atoms with Crippen LogP contribution in [0.5, 0.6) is 0 Å². The molecule has 148 valence electrons. The van der Waals surface area contributed by atoms with Crippen molar-refractivity contribution in [1.82, 2.24) is 0 Å². The highest BCUT2D eigenvalue weighted by atomic mass is 16.5. The van der Waals surface area contributed by atoms with Crippen LogP contribution in [-0.2, 0) is 14.3 Å². The summed E-state index contributed by atoms with van der Waals surface area (Å²) in [5.41, 5.74) is 5.41. The number of benzene rings is 3. The number of nitrogens with zero attached hydrogens (tertiary/aromatic N) is 1. The highest BCUT2D eigenvalue weighted by Gasteiger charge is 2.23. The van der Waals surface area contributed by atoms with Crippen molar-refractivity contribution >= 4 is 28.9 Å². The summed E-state index contributed by atoms with van der Waals surface area (Å²) in [7, 11) is 1.36. The topological polar surface area (TPSA) is 47.9 Å². The Balaban J connectivity index is 1.93. The maximum Gasteiger partial charge on any atom is 0.330 e. The smallest absolute Gasteiger partial charge is 0.330 e. The van der Waals surface area contributed by atoms with E-state index in [4.69, 9.17) is 14.5 Å². The summed E-state index contributed by atoms with van der Waals surface area (Å²) in [6.07, 6.45) is 3.14. The van der Waals surface area contributed by atoms with Gasteiger partial charge >= 0.3 is 5.97 Å². The number of aryl methyl sites for hydroxylation is 1. The number of para-hydroxylation sites is 1. The first kappa shape index (κ1) is 19.4. The fourth-order valence-corrected chi connectivity index (χ4v) is 3.21. The number of hydrogen-bond acceptors (Lipinski definition) is 4. The van der Waals surface area contributed by atoms with Gasteiger partial charge in [0.25, 0.3) is 0 Å². The second kappa shape index (κ2) is 8.62. The van der Waals surface area contributed by atoms with Gasteiger partial charge in [-0.15, -0.1) is 0 Å². The van der Waals surface area contributed by atoms with Gasteiger partial charge < -0.3 is 9.47 Å². The van der Waals surface area contributed by atoms with Gasteiger partial charge in [0.2, 0.25) is 5.90 Å².